The summed E-state index contributed by atoms with van der Waals surface area (Å²) in [6, 6.07) is -0.177. The molecule has 0 saturated heterocycles. The first-order valence-corrected chi connectivity index (χ1v) is 2.61. The van der Waals surface area contributed by atoms with Crippen LogP contribution in [0.5, 0.6) is 0 Å². The van der Waals surface area contributed by atoms with Crippen molar-refractivity contribution in [2.45, 2.75) is 12.8 Å². The minimum absolute atomic E-state index is 0.177. The Labute approximate surface area is 51.6 Å². The van der Waals surface area contributed by atoms with Gasteiger partial charge in [-0.2, -0.15) is 0 Å². The molecule has 8 heavy (non-hydrogen) atoms. The number of rotatable bonds is 3. The van der Waals surface area contributed by atoms with Crippen molar-refractivity contribution in [2.75, 3.05) is 12.7 Å². The highest BCUT2D eigenvalue weighted by atomic mass is 35.5. The lowest BCUT2D eigenvalue weighted by Crippen LogP contribution is -2.17. The molecule has 0 aliphatic heterocycles. The first-order valence-electron chi connectivity index (χ1n) is 2.08. The van der Waals surface area contributed by atoms with Crippen molar-refractivity contribution < 1.29 is 13.5 Å². The summed E-state index contributed by atoms with van der Waals surface area (Å²) in [4.78, 5) is 0. The third-order valence-corrected chi connectivity index (χ3v) is 0.587. The highest BCUT2D eigenvalue weighted by Crippen LogP contribution is 2.10. The predicted molar refractivity (Wildman–Crippen MR) is 27.3 cm³/mol. The van der Waals surface area contributed by atoms with Gasteiger partial charge in [0, 0.05) is 6.92 Å². The van der Waals surface area contributed by atoms with E-state index in [1.165, 1.54) is 0 Å². The number of hydrogen-bond donors (Lipinski definition) is 0. The molecule has 0 rings (SSSR count). The van der Waals surface area contributed by atoms with Crippen LogP contribution in [0.25, 0.3) is 0 Å². The van der Waals surface area contributed by atoms with E-state index in [0.717, 1.165) is 6.92 Å². The summed E-state index contributed by atoms with van der Waals surface area (Å²) in [6.07, 6.45) is 0. The second kappa shape index (κ2) is 3.20. The van der Waals surface area contributed by atoms with E-state index in [9.17, 15) is 8.78 Å². The highest BCUT2D eigenvalue weighted by molar-refractivity contribution is 6.17. The van der Waals surface area contributed by atoms with Crippen molar-refractivity contribution in [2.24, 2.45) is 0 Å². The summed E-state index contributed by atoms with van der Waals surface area (Å²) in [7, 11) is 0. The van der Waals surface area contributed by atoms with Crippen LogP contribution in [0.4, 0.5) is 8.78 Å². The van der Waals surface area contributed by atoms with Crippen LogP contribution in [-0.2, 0) is 4.74 Å². The molecule has 0 spiro atoms. The summed E-state index contributed by atoms with van der Waals surface area (Å²) in [5.74, 6) is -2.76. The van der Waals surface area contributed by atoms with Gasteiger partial charge in [-0.25, -0.2) is 8.78 Å². The van der Waals surface area contributed by atoms with Crippen LogP contribution in [0.2, 0.25) is 0 Å². The molecule has 0 N–H and O–H groups in total. The maximum absolute atomic E-state index is 11.7. The topological polar surface area (TPSA) is 9.23 Å². The predicted octanol–water partition coefficient (Wildman–Crippen LogP) is 1.85. The first kappa shape index (κ1) is 8.11. The van der Waals surface area contributed by atoms with Crippen molar-refractivity contribution in [3.8, 4) is 0 Å². The lowest BCUT2D eigenvalue weighted by molar-refractivity contribution is -0.0523. The first-order chi connectivity index (χ1) is 3.56. The second-order valence-corrected chi connectivity index (χ2v) is 1.75. The zero-order chi connectivity index (χ0) is 6.62. The molecule has 0 unspecified atom stereocenters. The molecule has 0 aromatic carbocycles. The van der Waals surface area contributed by atoms with Crippen molar-refractivity contribution >= 4 is 11.6 Å². The zero-order valence-electron chi connectivity index (χ0n) is 4.46. The third kappa shape index (κ3) is 6.11. The summed E-state index contributed by atoms with van der Waals surface area (Å²) in [5, 5.41) is 0. The average Bonchev–Trinajstić information content (AvgIpc) is 1.59. The molecule has 0 fully saturated rings. The summed E-state index contributed by atoms with van der Waals surface area (Å²) >= 11 is 4.95. The van der Waals surface area contributed by atoms with Gasteiger partial charge in [-0.1, -0.05) is 11.6 Å². The molecule has 50 valence electrons. The minimum Gasteiger partial charge on any atom is -0.360 e. The molecule has 0 bridgehead atoms. The Morgan fingerprint density at radius 3 is 2.25 bits per heavy atom. The molecule has 0 atom stereocenters. The van der Waals surface area contributed by atoms with Crippen molar-refractivity contribution in [3.63, 3.8) is 0 Å². The van der Waals surface area contributed by atoms with Crippen LogP contribution in [0.3, 0.4) is 0 Å². The Morgan fingerprint density at radius 2 is 2.12 bits per heavy atom. The van der Waals surface area contributed by atoms with Crippen molar-refractivity contribution in [3.05, 3.63) is 0 Å². The average molecular weight is 145 g/mol. The Balaban J connectivity index is 3.11. The van der Waals surface area contributed by atoms with E-state index in [4.69, 9.17) is 11.6 Å². The van der Waals surface area contributed by atoms with E-state index in [1.54, 1.807) is 0 Å². The van der Waals surface area contributed by atoms with Gasteiger partial charge in [-0.05, 0) is 0 Å². The Hall–Kier alpha value is 0.110. The molecule has 0 amide bonds. The Bertz CT molecular complexity index is 61.5. The monoisotopic (exact) mass is 144 g/mol. The lowest BCUT2D eigenvalue weighted by Gasteiger charge is -2.07. The van der Waals surface area contributed by atoms with Gasteiger partial charge >= 0.3 is 0 Å². The Morgan fingerprint density at radius 1 is 1.62 bits per heavy atom. The fraction of sp³-hybridized carbons (Fsp3) is 1.00. The molecule has 1 nitrogen and oxygen atoms in total. The zero-order valence-corrected chi connectivity index (χ0v) is 5.21. The van der Waals surface area contributed by atoms with Gasteiger partial charge in [0.15, 0.2) is 0 Å². The fourth-order valence-corrected chi connectivity index (χ4v) is 0.295. The van der Waals surface area contributed by atoms with Crippen LogP contribution in [-0.4, -0.2) is 18.6 Å². The van der Waals surface area contributed by atoms with E-state index in [2.05, 4.69) is 4.74 Å². The van der Waals surface area contributed by atoms with Crippen molar-refractivity contribution in [1.29, 1.82) is 0 Å². The van der Waals surface area contributed by atoms with Gasteiger partial charge in [0.05, 0.1) is 0 Å². The maximum atomic E-state index is 11.7. The van der Waals surface area contributed by atoms with E-state index in [0.29, 0.717) is 0 Å². The Kier molecular flexibility index (Phi) is 3.24. The lowest BCUT2D eigenvalue weighted by atomic mass is 10.4. The summed E-state index contributed by atoms with van der Waals surface area (Å²) in [5.41, 5.74) is 0. The van der Waals surface area contributed by atoms with Gasteiger partial charge in [0.1, 0.15) is 12.7 Å². The molecule has 0 heterocycles. The van der Waals surface area contributed by atoms with Crippen molar-refractivity contribution in [1.82, 2.24) is 0 Å². The number of hydrogen-bond acceptors (Lipinski definition) is 1. The van der Waals surface area contributed by atoms with Crippen LogP contribution < -0.4 is 0 Å². The fourth-order valence-electron chi connectivity index (χ4n) is 0.218. The van der Waals surface area contributed by atoms with Crippen LogP contribution in [0.15, 0.2) is 0 Å². The molecule has 0 aliphatic rings. The van der Waals surface area contributed by atoms with Gasteiger partial charge in [0.25, 0.3) is 5.92 Å². The molecule has 0 saturated carbocycles. The van der Waals surface area contributed by atoms with Gasteiger partial charge in [0.2, 0.25) is 0 Å². The van der Waals surface area contributed by atoms with Gasteiger partial charge in [-0.15, -0.1) is 0 Å². The number of alkyl halides is 3. The normalized spacial score (nSPS) is 12.0. The molecule has 0 aromatic heterocycles. The SMILES string of the molecule is CC(F)(F)COCCl. The molecule has 0 aromatic rings. The third-order valence-electron chi connectivity index (χ3n) is 0.433. The number of halogens is 3. The smallest absolute Gasteiger partial charge is 0.268 e. The summed E-state index contributed by atoms with van der Waals surface area (Å²) in [6.45, 7) is 0.177. The summed E-state index contributed by atoms with van der Waals surface area (Å²) < 4.78 is 27.7. The van der Waals surface area contributed by atoms with Crippen LogP contribution in [0, 0.1) is 0 Å². The standard InChI is InChI=1S/C4H7ClF2O/c1-4(6,7)2-8-3-5/h2-3H2,1H3. The molecule has 4 heteroatoms. The second-order valence-electron chi connectivity index (χ2n) is 1.53. The number of ether oxygens (including phenoxy) is 1. The van der Waals surface area contributed by atoms with Gasteiger partial charge < -0.3 is 4.74 Å². The quantitative estimate of drug-likeness (QED) is 0.550. The molecular weight excluding hydrogens is 137 g/mol. The molecule has 0 aliphatic carbocycles. The minimum atomic E-state index is -2.76. The maximum Gasteiger partial charge on any atom is 0.268 e. The largest absolute Gasteiger partial charge is 0.360 e. The van der Waals surface area contributed by atoms with E-state index in [1.807, 2.05) is 0 Å². The van der Waals surface area contributed by atoms with E-state index < -0.39 is 12.5 Å². The highest BCUT2D eigenvalue weighted by Gasteiger charge is 2.20. The molecular formula is C4H7ClF2O. The van der Waals surface area contributed by atoms with E-state index >= 15 is 0 Å². The molecule has 0 radical (unpaired) electrons. The van der Waals surface area contributed by atoms with Crippen LogP contribution >= 0.6 is 11.6 Å². The van der Waals surface area contributed by atoms with Crippen LogP contribution in [0.1, 0.15) is 6.92 Å². The van der Waals surface area contributed by atoms with E-state index in [-0.39, 0.29) is 6.07 Å². The van der Waals surface area contributed by atoms with Gasteiger partial charge in [-0.3, -0.25) is 0 Å².